The van der Waals surface area contributed by atoms with Crippen LogP contribution in [0.4, 0.5) is 11.5 Å². The predicted octanol–water partition coefficient (Wildman–Crippen LogP) is 2.21. The Morgan fingerprint density at radius 2 is 2.05 bits per heavy atom. The molecule has 0 aliphatic rings. The van der Waals surface area contributed by atoms with Gasteiger partial charge in [0.2, 0.25) is 0 Å². The zero-order chi connectivity index (χ0) is 14.8. The molecule has 6 nitrogen and oxygen atoms in total. The van der Waals surface area contributed by atoms with Gasteiger partial charge in [-0.25, -0.2) is 9.97 Å². The molecule has 0 radical (unpaired) electrons. The van der Waals surface area contributed by atoms with Crippen LogP contribution in [0, 0.1) is 6.92 Å². The summed E-state index contributed by atoms with van der Waals surface area (Å²) in [5, 5.41) is 3.48. The van der Waals surface area contributed by atoms with Crippen molar-refractivity contribution in [2.45, 2.75) is 12.1 Å². The molecule has 0 spiro atoms. The Morgan fingerprint density at radius 1 is 1.19 bits per heavy atom. The van der Waals surface area contributed by atoms with E-state index in [4.69, 9.17) is 0 Å². The van der Waals surface area contributed by atoms with Crippen molar-refractivity contribution in [2.75, 3.05) is 11.6 Å². The lowest BCUT2D eigenvalue weighted by Crippen LogP contribution is -2.06. The van der Waals surface area contributed by atoms with Crippen LogP contribution in [0.1, 0.15) is 5.56 Å². The summed E-state index contributed by atoms with van der Waals surface area (Å²) in [4.78, 5) is 16.7. The lowest BCUT2D eigenvalue weighted by atomic mass is 10.2. The molecule has 0 aliphatic carbocycles. The number of fused-ring (bicyclic) bond motifs is 1. The van der Waals surface area contributed by atoms with Crippen LogP contribution >= 0.6 is 0 Å². The van der Waals surface area contributed by atoms with Gasteiger partial charge in [-0.3, -0.25) is 0 Å². The molecule has 0 aliphatic heterocycles. The van der Waals surface area contributed by atoms with Gasteiger partial charge in [0.25, 0.3) is 0 Å². The molecule has 106 valence electrons. The number of nitrogens with zero attached hydrogens (tertiary/aromatic N) is 4. The molecule has 0 saturated heterocycles. The second kappa shape index (κ2) is 5.63. The lowest BCUT2D eigenvalue weighted by Gasteiger charge is -2.09. The Hall–Kier alpha value is -2.25. The van der Waals surface area contributed by atoms with Crippen molar-refractivity contribution in [1.29, 1.82) is 0 Å². The smallest absolute Gasteiger partial charge is 0.343 e. The van der Waals surface area contributed by atoms with Gasteiger partial charge in [-0.05, 0) is 24.6 Å². The van der Waals surface area contributed by atoms with Gasteiger partial charge >= 0.3 is 5.16 Å². The summed E-state index contributed by atoms with van der Waals surface area (Å²) < 4.78 is 11.5. The number of aryl methyl sites for hydroxylation is 1. The Bertz CT molecular complexity index is 793. The summed E-state index contributed by atoms with van der Waals surface area (Å²) in [6.07, 6.45) is 4.55. The van der Waals surface area contributed by atoms with E-state index < -0.39 is 11.2 Å². The quantitative estimate of drug-likeness (QED) is 0.589. The van der Waals surface area contributed by atoms with Gasteiger partial charge in [-0.2, -0.15) is 9.97 Å². The third-order valence-electron chi connectivity index (χ3n) is 2.89. The summed E-state index contributed by atoms with van der Waals surface area (Å²) >= 11 is -1.25. The Kier molecular flexibility index (Phi) is 3.68. The average molecular weight is 299 g/mol. The summed E-state index contributed by atoms with van der Waals surface area (Å²) in [5.74, 6) is 0.569. The van der Waals surface area contributed by atoms with Gasteiger partial charge in [0, 0.05) is 16.9 Å². The van der Waals surface area contributed by atoms with E-state index in [0.29, 0.717) is 16.9 Å². The predicted molar refractivity (Wildman–Crippen MR) is 81.9 cm³/mol. The van der Waals surface area contributed by atoms with Crippen LogP contribution in [0.5, 0.6) is 0 Å². The molecule has 2 heterocycles. The van der Waals surface area contributed by atoms with Crippen molar-refractivity contribution >= 4 is 33.7 Å². The second-order valence-electron chi connectivity index (χ2n) is 4.56. The molecule has 1 unspecified atom stereocenters. The van der Waals surface area contributed by atoms with Crippen LogP contribution in [0.3, 0.4) is 0 Å². The van der Waals surface area contributed by atoms with Crippen LogP contribution in [0.2, 0.25) is 0 Å². The minimum Gasteiger partial charge on any atom is -0.609 e. The monoisotopic (exact) mass is 299 g/mol. The number of rotatable bonds is 3. The fourth-order valence-electron chi connectivity index (χ4n) is 1.93. The highest BCUT2D eigenvalue weighted by atomic mass is 32.2. The van der Waals surface area contributed by atoms with E-state index in [1.54, 1.807) is 12.5 Å². The van der Waals surface area contributed by atoms with Crippen molar-refractivity contribution in [2.24, 2.45) is 0 Å². The number of hydrogen-bond acceptors (Lipinski definition) is 6. The SMILES string of the molecule is Cc1cccc(Nc2ncnc3cnc([S+](C)[O-])nc23)c1. The fourth-order valence-corrected chi connectivity index (χ4v) is 2.35. The molecule has 3 aromatic rings. The zero-order valence-electron chi connectivity index (χ0n) is 11.6. The number of anilines is 2. The van der Waals surface area contributed by atoms with Gasteiger partial charge in [0.15, 0.2) is 5.82 Å². The van der Waals surface area contributed by atoms with Crippen molar-refractivity contribution in [3.8, 4) is 0 Å². The van der Waals surface area contributed by atoms with Crippen LogP contribution in [-0.4, -0.2) is 30.7 Å². The van der Waals surface area contributed by atoms with E-state index in [2.05, 4.69) is 25.3 Å². The standard InChI is InChI=1S/C14H13N5OS/c1-9-4-3-5-10(6-9)18-13-12-11(16-8-17-13)7-15-14(19-12)21(2)20/h3-8H,1-2H3,(H,16,17,18). The molecule has 0 bridgehead atoms. The molecule has 21 heavy (non-hydrogen) atoms. The maximum Gasteiger partial charge on any atom is 0.343 e. The minimum absolute atomic E-state index is 0.268. The topological polar surface area (TPSA) is 86.7 Å². The highest BCUT2D eigenvalue weighted by molar-refractivity contribution is 7.90. The van der Waals surface area contributed by atoms with Crippen molar-refractivity contribution in [3.63, 3.8) is 0 Å². The lowest BCUT2D eigenvalue weighted by molar-refractivity contribution is 0.592. The Labute approximate surface area is 124 Å². The highest BCUT2D eigenvalue weighted by Crippen LogP contribution is 2.22. The maximum atomic E-state index is 11.5. The molecule has 1 atom stereocenters. The highest BCUT2D eigenvalue weighted by Gasteiger charge is 2.13. The first-order valence-electron chi connectivity index (χ1n) is 6.28. The molecule has 2 aromatic heterocycles. The zero-order valence-corrected chi connectivity index (χ0v) is 12.4. The normalized spacial score (nSPS) is 12.3. The van der Waals surface area contributed by atoms with Crippen LogP contribution < -0.4 is 5.32 Å². The summed E-state index contributed by atoms with van der Waals surface area (Å²) in [5.41, 5.74) is 3.21. The molecule has 0 saturated carbocycles. The first-order chi connectivity index (χ1) is 10.1. The minimum atomic E-state index is -1.25. The fraction of sp³-hybridized carbons (Fsp3) is 0.143. The molecular formula is C14H13N5OS. The van der Waals surface area contributed by atoms with E-state index in [1.807, 2.05) is 31.2 Å². The van der Waals surface area contributed by atoms with Crippen molar-refractivity contribution in [1.82, 2.24) is 19.9 Å². The van der Waals surface area contributed by atoms with Gasteiger partial charge < -0.3 is 9.87 Å². The summed E-state index contributed by atoms with van der Waals surface area (Å²) in [6.45, 7) is 2.02. The largest absolute Gasteiger partial charge is 0.609 e. The van der Waals surface area contributed by atoms with Gasteiger partial charge in [0.05, 0.1) is 6.20 Å². The van der Waals surface area contributed by atoms with E-state index in [-0.39, 0.29) is 5.16 Å². The molecule has 1 aromatic carbocycles. The Morgan fingerprint density at radius 3 is 2.81 bits per heavy atom. The van der Waals surface area contributed by atoms with Crippen LogP contribution in [0.25, 0.3) is 11.0 Å². The van der Waals surface area contributed by atoms with E-state index in [9.17, 15) is 4.55 Å². The first kappa shape index (κ1) is 13.7. The molecular weight excluding hydrogens is 286 g/mol. The third-order valence-corrected chi connectivity index (χ3v) is 3.60. The summed E-state index contributed by atoms with van der Waals surface area (Å²) in [7, 11) is 0. The molecule has 3 rings (SSSR count). The second-order valence-corrected chi connectivity index (χ2v) is 5.83. The van der Waals surface area contributed by atoms with Crippen LogP contribution in [-0.2, 0) is 11.2 Å². The number of hydrogen-bond donors (Lipinski definition) is 1. The number of nitrogens with one attached hydrogen (secondary N) is 1. The average Bonchev–Trinajstić information content (AvgIpc) is 2.47. The van der Waals surface area contributed by atoms with Crippen molar-refractivity contribution in [3.05, 3.63) is 42.4 Å². The molecule has 0 fully saturated rings. The summed E-state index contributed by atoms with van der Waals surface area (Å²) in [6, 6.07) is 7.93. The number of benzene rings is 1. The van der Waals surface area contributed by atoms with Gasteiger partial charge in [-0.1, -0.05) is 12.1 Å². The van der Waals surface area contributed by atoms with E-state index in [0.717, 1.165) is 11.3 Å². The molecule has 0 amide bonds. The Balaban J connectivity index is 2.07. The third kappa shape index (κ3) is 2.93. The van der Waals surface area contributed by atoms with Gasteiger partial charge in [0.1, 0.15) is 23.6 Å². The van der Waals surface area contributed by atoms with E-state index >= 15 is 0 Å². The molecule has 7 heteroatoms. The number of aromatic nitrogens is 4. The first-order valence-corrected chi connectivity index (χ1v) is 7.84. The maximum absolute atomic E-state index is 11.5. The molecule has 1 N–H and O–H groups in total. The van der Waals surface area contributed by atoms with Crippen molar-refractivity contribution < 1.29 is 4.55 Å². The van der Waals surface area contributed by atoms with Crippen LogP contribution in [0.15, 0.2) is 41.9 Å². The van der Waals surface area contributed by atoms with Gasteiger partial charge in [-0.15, -0.1) is 0 Å². The van der Waals surface area contributed by atoms with E-state index in [1.165, 1.54) is 6.33 Å².